The van der Waals surface area contributed by atoms with Crippen LogP contribution in [0.5, 0.6) is 0 Å². The van der Waals surface area contributed by atoms with Gasteiger partial charge in [0.05, 0.1) is 5.38 Å². The number of halogens is 4. The Bertz CT molecular complexity index is 585. The van der Waals surface area contributed by atoms with Crippen molar-refractivity contribution in [3.63, 3.8) is 0 Å². The van der Waals surface area contributed by atoms with E-state index in [9.17, 15) is 13.2 Å². The van der Waals surface area contributed by atoms with Crippen LogP contribution in [0.1, 0.15) is 41.8 Å². The summed E-state index contributed by atoms with van der Waals surface area (Å²) >= 11 is 6.15. The Morgan fingerprint density at radius 3 is 2.10 bits per heavy atom. The van der Waals surface area contributed by atoms with Crippen LogP contribution in [0, 0.1) is 17.5 Å². The van der Waals surface area contributed by atoms with E-state index in [2.05, 4.69) is 6.92 Å². The maximum atomic E-state index is 13.7. The van der Waals surface area contributed by atoms with Gasteiger partial charge in [-0.3, -0.25) is 0 Å². The number of benzene rings is 2. The van der Waals surface area contributed by atoms with E-state index >= 15 is 0 Å². The van der Waals surface area contributed by atoms with E-state index < -0.39 is 22.8 Å². The summed E-state index contributed by atoms with van der Waals surface area (Å²) in [6.45, 7) is 2.11. The minimum absolute atomic E-state index is 0.320. The molecule has 0 fully saturated rings. The topological polar surface area (TPSA) is 0 Å². The van der Waals surface area contributed by atoms with Gasteiger partial charge < -0.3 is 0 Å². The molecule has 0 amide bonds. The molecule has 0 nitrogen and oxygen atoms in total. The van der Waals surface area contributed by atoms with Gasteiger partial charge in [0.1, 0.15) is 17.5 Å². The maximum Gasteiger partial charge on any atom is 0.134 e. The molecule has 0 saturated heterocycles. The van der Waals surface area contributed by atoms with E-state index in [1.807, 2.05) is 12.1 Å². The molecule has 0 aromatic heterocycles. The summed E-state index contributed by atoms with van der Waals surface area (Å²) in [7, 11) is 0. The van der Waals surface area contributed by atoms with Gasteiger partial charge in [0.15, 0.2) is 0 Å². The van der Waals surface area contributed by atoms with Crippen LogP contribution in [-0.2, 0) is 6.42 Å². The second kappa shape index (κ2) is 6.99. The Labute approximate surface area is 127 Å². The zero-order valence-electron chi connectivity index (χ0n) is 11.7. The summed E-state index contributed by atoms with van der Waals surface area (Å²) in [5.74, 6) is -2.89. The molecule has 1 atom stereocenters. The summed E-state index contributed by atoms with van der Waals surface area (Å²) in [5.41, 5.74) is 1.42. The van der Waals surface area contributed by atoms with Crippen LogP contribution in [0.3, 0.4) is 0 Å². The van der Waals surface area contributed by atoms with Crippen molar-refractivity contribution < 1.29 is 13.2 Å². The largest absolute Gasteiger partial charge is 0.207 e. The van der Waals surface area contributed by atoms with E-state index in [1.54, 1.807) is 12.1 Å². The summed E-state index contributed by atoms with van der Waals surface area (Å²) < 4.78 is 40.4. The van der Waals surface area contributed by atoms with E-state index in [-0.39, 0.29) is 5.56 Å². The molecule has 0 N–H and O–H groups in total. The van der Waals surface area contributed by atoms with Crippen LogP contribution in [-0.4, -0.2) is 0 Å². The SMILES string of the molecule is CCCCc1ccc(C(Cl)c2c(F)cc(F)cc2F)cc1. The van der Waals surface area contributed by atoms with Gasteiger partial charge in [-0.1, -0.05) is 37.6 Å². The predicted molar refractivity (Wildman–Crippen MR) is 79.1 cm³/mol. The van der Waals surface area contributed by atoms with Gasteiger partial charge in [0.2, 0.25) is 0 Å². The number of rotatable bonds is 5. The van der Waals surface area contributed by atoms with Crippen molar-refractivity contribution in [2.24, 2.45) is 0 Å². The third kappa shape index (κ3) is 3.79. The first-order chi connectivity index (χ1) is 10.0. The lowest BCUT2D eigenvalue weighted by Crippen LogP contribution is -2.02. The van der Waals surface area contributed by atoms with Crippen LogP contribution < -0.4 is 0 Å². The van der Waals surface area contributed by atoms with Gasteiger partial charge in [-0.15, -0.1) is 11.6 Å². The predicted octanol–water partition coefficient (Wildman–Crippen LogP) is 5.77. The molecular weight excluding hydrogens is 297 g/mol. The average Bonchev–Trinajstić information content (AvgIpc) is 2.44. The second-order valence-electron chi connectivity index (χ2n) is 4.99. The summed E-state index contributed by atoms with van der Waals surface area (Å²) in [5, 5.41) is -0.981. The Balaban J connectivity index is 2.26. The Morgan fingerprint density at radius 1 is 1.00 bits per heavy atom. The van der Waals surface area contributed by atoms with Crippen LogP contribution in [0.2, 0.25) is 0 Å². The van der Waals surface area contributed by atoms with E-state index in [1.165, 1.54) is 0 Å². The van der Waals surface area contributed by atoms with Crippen LogP contribution in [0.4, 0.5) is 13.2 Å². The third-order valence-electron chi connectivity index (χ3n) is 3.39. The molecule has 2 rings (SSSR count). The number of hydrogen-bond acceptors (Lipinski definition) is 0. The minimum Gasteiger partial charge on any atom is -0.207 e. The third-order valence-corrected chi connectivity index (χ3v) is 3.86. The highest BCUT2D eigenvalue weighted by Crippen LogP contribution is 2.33. The van der Waals surface area contributed by atoms with Crippen LogP contribution >= 0.6 is 11.6 Å². The van der Waals surface area contributed by atoms with Gasteiger partial charge in [0, 0.05) is 17.7 Å². The molecule has 0 aliphatic heterocycles. The van der Waals surface area contributed by atoms with Gasteiger partial charge >= 0.3 is 0 Å². The molecule has 2 aromatic rings. The standard InChI is InChI=1S/C17H16ClF3/c1-2-3-4-11-5-7-12(8-6-11)17(18)16-14(20)9-13(19)10-15(16)21/h5-10,17H,2-4H2,1H3. The van der Waals surface area contributed by atoms with Crippen LogP contribution in [0.25, 0.3) is 0 Å². The minimum atomic E-state index is -0.981. The smallest absolute Gasteiger partial charge is 0.134 e. The Morgan fingerprint density at radius 2 is 1.57 bits per heavy atom. The summed E-state index contributed by atoms with van der Waals surface area (Å²) in [4.78, 5) is 0. The summed E-state index contributed by atoms with van der Waals surface area (Å²) in [6, 6.07) is 8.60. The fourth-order valence-corrected chi connectivity index (χ4v) is 2.55. The normalized spacial score (nSPS) is 12.4. The molecule has 21 heavy (non-hydrogen) atoms. The van der Waals surface area contributed by atoms with Crippen molar-refractivity contribution in [3.8, 4) is 0 Å². The van der Waals surface area contributed by atoms with Crippen molar-refractivity contribution in [1.82, 2.24) is 0 Å². The van der Waals surface area contributed by atoms with E-state index in [0.717, 1.165) is 24.8 Å². The molecule has 0 saturated carbocycles. The quantitative estimate of drug-likeness (QED) is 0.614. The molecule has 0 heterocycles. The van der Waals surface area contributed by atoms with Crippen LogP contribution in [0.15, 0.2) is 36.4 Å². The van der Waals surface area contributed by atoms with Crippen molar-refractivity contribution in [2.45, 2.75) is 31.6 Å². The molecule has 0 aliphatic carbocycles. The average molecular weight is 313 g/mol. The first-order valence-electron chi connectivity index (χ1n) is 6.90. The van der Waals surface area contributed by atoms with Crippen molar-refractivity contribution in [3.05, 3.63) is 70.5 Å². The highest BCUT2D eigenvalue weighted by molar-refractivity contribution is 6.22. The molecular formula is C17H16ClF3. The molecule has 2 aromatic carbocycles. The molecule has 4 heteroatoms. The van der Waals surface area contributed by atoms with E-state index in [0.29, 0.717) is 17.7 Å². The van der Waals surface area contributed by atoms with Gasteiger partial charge in [-0.2, -0.15) is 0 Å². The first kappa shape index (κ1) is 15.9. The Hall–Kier alpha value is -1.48. The first-order valence-corrected chi connectivity index (χ1v) is 7.34. The molecule has 1 unspecified atom stereocenters. The molecule has 112 valence electrons. The molecule has 0 bridgehead atoms. The summed E-state index contributed by atoms with van der Waals surface area (Å²) in [6.07, 6.45) is 3.15. The monoisotopic (exact) mass is 312 g/mol. The lowest BCUT2D eigenvalue weighted by Gasteiger charge is -2.13. The number of unbranched alkanes of at least 4 members (excludes halogenated alkanes) is 1. The van der Waals surface area contributed by atoms with Crippen molar-refractivity contribution >= 4 is 11.6 Å². The van der Waals surface area contributed by atoms with Crippen molar-refractivity contribution in [1.29, 1.82) is 0 Å². The van der Waals surface area contributed by atoms with Gasteiger partial charge in [0.25, 0.3) is 0 Å². The Kier molecular flexibility index (Phi) is 5.29. The van der Waals surface area contributed by atoms with Crippen molar-refractivity contribution in [2.75, 3.05) is 0 Å². The van der Waals surface area contributed by atoms with Gasteiger partial charge in [-0.25, -0.2) is 13.2 Å². The highest BCUT2D eigenvalue weighted by atomic mass is 35.5. The fraction of sp³-hybridized carbons (Fsp3) is 0.294. The fourth-order valence-electron chi connectivity index (χ4n) is 2.20. The maximum absolute atomic E-state index is 13.7. The van der Waals surface area contributed by atoms with E-state index in [4.69, 9.17) is 11.6 Å². The molecule has 0 radical (unpaired) electrons. The number of alkyl halides is 1. The lowest BCUT2D eigenvalue weighted by molar-refractivity contribution is 0.526. The highest BCUT2D eigenvalue weighted by Gasteiger charge is 2.21. The lowest BCUT2D eigenvalue weighted by atomic mass is 10.0. The molecule has 0 aliphatic rings. The zero-order valence-corrected chi connectivity index (χ0v) is 12.4. The zero-order chi connectivity index (χ0) is 15.4. The van der Waals surface area contributed by atoms with Gasteiger partial charge in [-0.05, 0) is 24.0 Å². The number of hydrogen-bond donors (Lipinski definition) is 0. The second-order valence-corrected chi connectivity index (χ2v) is 5.43. The molecule has 0 spiro atoms. The number of aryl methyl sites for hydroxylation is 1.